The van der Waals surface area contributed by atoms with E-state index in [4.69, 9.17) is 9.47 Å². The molecule has 1 aromatic carbocycles. The molecule has 2 aliphatic rings. The second kappa shape index (κ2) is 8.95. The Morgan fingerprint density at radius 3 is 2.20 bits per heavy atom. The molecule has 5 heteroatoms. The third-order valence-corrected chi connectivity index (χ3v) is 5.56. The van der Waals surface area contributed by atoms with Crippen LogP contribution in [0, 0.1) is 17.8 Å². The number of hydrogen-bond donors (Lipinski definition) is 0. The van der Waals surface area contributed by atoms with Gasteiger partial charge in [-0.15, -0.1) is 0 Å². The van der Waals surface area contributed by atoms with E-state index >= 15 is 0 Å². The summed E-state index contributed by atoms with van der Waals surface area (Å²) < 4.78 is 40.6. The van der Waals surface area contributed by atoms with Gasteiger partial charge in [-0.3, -0.25) is 0 Å². The lowest BCUT2D eigenvalue weighted by Gasteiger charge is -2.37. The van der Waals surface area contributed by atoms with Gasteiger partial charge in [0.05, 0.1) is 13.2 Å². The summed E-state index contributed by atoms with van der Waals surface area (Å²) in [6, 6.07) is 6.49. The minimum Gasteiger partial charge on any atom is -0.435 e. The zero-order valence-electron chi connectivity index (χ0n) is 14.8. The number of benzene rings is 1. The molecule has 1 saturated carbocycles. The van der Waals surface area contributed by atoms with Crippen LogP contribution in [0.2, 0.25) is 0 Å². The van der Waals surface area contributed by atoms with Crippen LogP contribution >= 0.6 is 0 Å². The zero-order chi connectivity index (χ0) is 17.6. The van der Waals surface area contributed by atoms with Crippen molar-refractivity contribution in [3.8, 4) is 5.75 Å². The summed E-state index contributed by atoms with van der Waals surface area (Å²) in [5, 5.41) is 0. The fourth-order valence-electron chi connectivity index (χ4n) is 4.15. The molecule has 0 aromatic heterocycles. The molecule has 1 aliphatic carbocycles. The van der Waals surface area contributed by atoms with Crippen LogP contribution < -0.4 is 4.74 Å². The fraction of sp³-hybridized carbons (Fsp3) is 0.700. The second-order valence-electron chi connectivity index (χ2n) is 7.28. The molecule has 1 aromatic rings. The largest absolute Gasteiger partial charge is 0.435 e. The number of ether oxygens (including phenoxy) is 3. The Kier molecular flexibility index (Phi) is 6.65. The maximum atomic E-state index is 12.2. The van der Waals surface area contributed by atoms with E-state index in [2.05, 4.69) is 11.7 Å². The van der Waals surface area contributed by atoms with E-state index in [0.717, 1.165) is 11.5 Å². The van der Waals surface area contributed by atoms with Crippen molar-refractivity contribution in [2.24, 2.45) is 17.8 Å². The van der Waals surface area contributed by atoms with E-state index in [1.54, 1.807) is 12.1 Å². The maximum Gasteiger partial charge on any atom is 0.387 e. The molecule has 2 fully saturated rings. The van der Waals surface area contributed by atoms with E-state index in [1.807, 2.05) is 0 Å². The molecular weight excluding hydrogens is 326 g/mol. The smallest absolute Gasteiger partial charge is 0.387 e. The zero-order valence-corrected chi connectivity index (χ0v) is 14.8. The first-order chi connectivity index (χ1) is 12.2. The summed E-state index contributed by atoms with van der Waals surface area (Å²) in [6.07, 6.45) is 7.48. The Bertz CT molecular complexity index is 504. The number of halogens is 2. The van der Waals surface area contributed by atoms with Crippen molar-refractivity contribution in [1.82, 2.24) is 0 Å². The van der Waals surface area contributed by atoms with Crippen LogP contribution in [-0.2, 0) is 9.47 Å². The number of alkyl halides is 2. The van der Waals surface area contributed by atoms with Gasteiger partial charge in [-0.05, 0) is 36.8 Å². The van der Waals surface area contributed by atoms with E-state index in [1.165, 1.54) is 50.7 Å². The molecule has 0 amide bonds. The van der Waals surface area contributed by atoms with Crippen molar-refractivity contribution in [3.05, 3.63) is 29.8 Å². The molecule has 0 bridgehead atoms. The third kappa shape index (κ3) is 5.14. The molecule has 0 unspecified atom stereocenters. The van der Waals surface area contributed by atoms with Crippen molar-refractivity contribution in [3.63, 3.8) is 0 Å². The van der Waals surface area contributed by atoms with E-state index in [9.17, 15) is 8.78 Å². The standard InChI is InChI=1S/C20H28F2O3/c1-2-3-14-4-6-15(7-5-14)17-12-23-19(24-13-17)16-8-10-18(11-9-16)25-20(21)22/h8-11,14-15,17,19-20H,2-7,12-13H2,1H3. The highest BCUT2D eigenvalue weighted by Gasteiger charge is 2.32. The minimum absolute atomic E-state index is 0.149. The van der Waals surface area contributed by atoms with Crippen molar-refractivity contribution in [1.29, 1.82) is 0 Å². The highest BCUT2D eigenvalue weighted by Crippen LogP contribution is 2.38. The molecule has 1 aliphatic heterocycles. The van der Waals surface area contributed by atoms with Gasteiger partial charge in [0.25, 0.3) is 0 Å². The summed E-state index contributed by atoms with van der Waals surface area (Å²) >= 11 is 0. The summed E-state index contributed by atoms with van der Waals surface area (Å²) in [7, 11) is 0. The first-order valence-corrected chi connectivity index (χ1v) is 9.43. The maximum absolute atomic E-state index is 12.2. The van der Waals surface area contributed by atoms with Crippen LogP contribution in [0.5, 0.6) is 5.75 Å². The van der Waals surface area contributed by atoms with Gasteiger partial charge < -0.3 is 14.2 Å². The lowest BCUT2D eigenvalue weighted by molar-refractivity contribution is -0.214. The van der Waals surface area contributed by atoms with Crippen molar-refractivity contribution >= 4 is 0 Å². The van der Waals surface area contributed by atoms with Gasteiger partial charge in [0.15, 0.2) is 6.29 Å². The van der Waals surface area contributed by atoms with Crippen LogP contribution in [0.3, 0.4) is 0 Å². The second-order valence-corrected chi connectivity index (χ2v) is 7.28. The molecule has 0 spiro atoms. The van der Waals surface area contributed by atoms with Crippen molar-refractivity contribution in [2.75, 3.05) is 13.2 Å². The first kappa shape index (κ1) is 18.6. The predicted molar refractivity (Wildman–Crippen MR) is 91.6 cm³/mol. The van der Waals surface area contributed by atoms with E-state index in [0.29, 0.717) is 25.0 Å². The fourth-order valence-corrected chi connectivity index (χ4v) is 4.15. The normalized spacial score (nSPS) is 30.4. The molecule has 140 valence electrons. The summed E-state index contributed by atoms with van der Waals surface area (Å²) in [5.74, 6) is 2.24. The van der Waals surface area contributed by atoms with Crippen molar-refractivity contribution < 1.29 is 23.0 Å². The van der Waals surface area contributed by atoms with Crippen LogP contribution in [-0.4, -0.2) is 19.8 Å². The Labute approximate surface area is 148 Å². The summed E-state index contributed by atoms with van der Waals surface area (Å²) in [6.45, 7) is 0.883. The molecular formula is C20H28F2O3. The van der Waals surface area contributed by atoms with Gasteiger partial charge >= 0.3 is 6.61 Å². The van der Waals surface area contributed by atoms with Crippen LogP contribution in [0.15, 0.2) is 24.3 Å². The van der Waals surface area contributed by atoms with Gasteiger partial charge in [-0.25, -0.2) is 0 Å². The van der Waals surface area contributed by atoms with Gasteiger partial charge in [0.1, 0.15) is 5.75 Å². The Balaban J connectivity index is 1.46. The van der Waals surface area contributed by atoms with Gasteiger partial charge in [0, 0.05) is 11.5 Å². The van der Waals surface area contributed by atoms with Gasteiger partial charge in [-0.1, -0.05) is 44.7 Å². The molecule has 0 radical (unpaired) electrons. The Morgan fingerprint density at radius 2 is 1.64 bits per heavy atom. The summed E-state index contributed by atoms with van der Waals surface area (Å²) in [4.78, 5) is 0. The average Bonchev–Trinajstić information content (AvgIpc) is 2.63. The number of rotatable bonds is 6. The van der Waals surface area contributed by atoms with Crippen LogP contribution in [0.4, 0.5) is 8.78 Å². The highest BCUT2D eigenvalue weighted by molar-refractivity contribution is 5.28. The van der Waals surface area contributed by atoms with Crippen LogP contribution in [0.1, 0.15) is 57.3 Å². The van der Waals surface area contributed by atoms with Gasteiger partial charge in [-0.2, -0.15) is 8.78 Å². The van der Waals surface area contributed by atoms with E-state index in [-0.39, 0.29) is 5.75 Å². The molecule has 1 saturated heterocycles. The first-order valence-electron chi connectivity index (χ1n) is 9.43. The topological polar surface area (TPSA) is 27.7 Å². The highest BCUT2D eigenvalue weighted by atomic mass is 19.3. The average molecular weight is 354 g/mol. The molecule has 1 heterocycles. The van der Waals surface area contributed by atoms with Crippen molar-refractivity contribution in [2.45, 2.75) is 58.4 Å². The minimum atomic E-state index is -2.80. The lowest BCUT2D eigenvalue weighted by atomic mass is 9.75. The van der Waals surface area contributed by atoms with Crippen LogP contribution in [0.25, 0.3) is 0 Å². The molecule has 25 heavy (non-hydrogen) atoms. The molecule has 0 N–H and O–H groups in total. The lowest BCUT2D eigenvalue weighted by Crippen LogP contribution is -2.34. The predicted octanol–water partition coefficient (Wildman–Crippen LogP) is 5.56. The van der Waals surface area contributed by atoms with E-state index < -0.39 is 12.9 Å². The molecule has 0 atom stereocenters. The third-order valence-electron chi connectivity index (χ3n) is 5.56. The Hall–Kier alpha value is -1.20. The molecule has 3 nitrogen and oxygen atoms in total. The quantitative estimate of drug-likeness (QED) is 0.670. The summed E-state index contributed by atoms with van der Waals surface area (Å²) in [5.41, 5.74) is 0.840. The molecule has 3 rings (SSSR count). The SMILES string of the molecule is CCCC1CCC(C2COC(c3ccc(OC(F)F)cc3)OC2)CC1. The monoisotopic (exact) mass is 354 g/mol. The Morgan fingerprint density at radius 1 is 1.00 bits per heavy atom. The van der Waals surface area contributed by atoms with Gasteiger partial charge in [0.2, 0.25) is 0 Å². The number of hydrogen-bond acceptors (Lipinski definition) is 3.